The fourth-order valence-corrected chi connectivity index (χ4v) is 2.10. The van der Waals surface area contributed by atoms with E-state index >= 15 is 0 Å². The van der Waals surface area contributed by atoms with Gasteiger partial charge in [-0.1, -0.05) is 26.0 Å². The lowest BCUT2D eigenvalue weighted by atomic mass is 10.2. The highest BCUT2D eigenvalue weighted by Crippen LogP contribution is 2.26. The summed E-state index contributed by atoms with van der Waals surface area (Å²) in [6.45, 7) is 4.46. The van der Waals surface area contributed by atoms with Crippen LogP contribution < -0.4 is 9.47 Å². The Labute approximate surface area is 134 Å². The highest BCUT2D eigenvalue weighted by Gasteiger charge is 2.03. The minimum absolute atomic E-state index is 0.461. The molecule has 112 valence electrons. The summed E-state index contributed by atoms with van der Waals surface area (Å²) < 4.78 is 11.6. The van der Waals surface area contributed by atoms with Crippen molar-refractivity contribution >= 4 is 22.2 Å². The van der Waals surface area contributed by atoms with Gasteiger partial charge < -0.3 is 9.47 Å². The van der Waals surface area contributed by atoms with Crippen LogP contribution in [0.4, 0.5) is 0 Å². The Morgan fingerprint density at radius 2 is 1.76 bits per heavy atom. The van der Waals surface area contributed by atoms with Crippen LogP contribution in [0.2, 0.25) is 0 Å². The van der Waals surface area contributed by atoms with E-state index in [0.717, 1.165) is 22.1 Å². The Balaban J connectivity index is 0.00000106. The van der Waals surface area contributed by atoms with Crippen molar-refractivity contribution in [3.63, 3.8) is 0 Å². The van der Waals surface area contributed by atoms with Crippen LogP contribution in [0.3, 0.4) is 0 Å². The Bertz CT molecular complexity index is 565. The highest BCUT2D eigenvalue weighted by molar-refractivity contribution is 9.10. The zero-order valence-corrected chi connectivity index (χ0v) is 14.0. The molecule has 0 radical (unpaired) electrons. The van der Waals surface area contributed by atoms with Crippen molar-refractivity contribution in [1.82, 2.24) is 0 Å². The van der Waals surface area contributed by atoms with Gasteiger partial charge in [0.25, 0.3) is 0 Å². The first-order chi connectivity index (χ1) is 10.2. The van der Waals surface area contributed by atoms with Gasteiger partial charge in [0.2, 0.25) is 0 Å². The maximum atomic E-state index is 10.6. The molecule has 0 bridgehead atoms. The molecule has 0 fully saturated rings. The zero-order valence-electron chi connectivity index (χ0n) is 12.4. The molecule has 0 unspecified atom stereocenters. The van der Waals surface area contributed by atoms with Gasteiger partial charge in [0.15, 0.2) is 0 Å². The Morgan fingerprint density at radius 1 is 1.10 bits per heavy atom. The summed E-state index contributed by atoms with van der Waals surface area (Å²) in [4.78, 5) is 10.6. The van der Waals surface area contributed by atoms with E-state index in [-0.39, 0.29) is 0 Å². The number of halogens is 1. The number of hydrogen-bond donors (Lipinski definition) is 0. The van der Waals surface area contributed by atoms with Crippen LogP contribution in [0.1, 0.15) is 29.8 Å². The van der Waals surface area contributed by atoms with Crippen molar-refractivity contribution in [2.75, 3.05) is 7.11 Å². The van der Waals surface area contributed by atoms with Gasteiger partial charge >= 0.3 is 0 Å². The average Bonchev–Trinajstić information content (AvgIpc) is 2.56. The second-order valence-corrected chi connectivity index (χ2v) is 4.80. The smallest absolute Gasteiger partial charge is 0.150 e. The molecule has 0 aliphatic carbocycles. The van der Waals surface area contributed by atoms with E-state index in [1.54, 1.807) is 25.3 Å². The van der Waals surface area contributed by atoms with Gasteiger partial charge in [0.05, 0.1) is 11.6 Å². The molecule has 0 aromatic heterocycles. The van der Waals surface area contributed by atoms with Crippen molar-refractivity contribution in [3.8, 4) is 11.5 Å². The van der Waals surface area contributed by atoms with Crippen LogP contribution in [0.15, 0.2) is 46.9 Å². The minimum Gasteiger partial charge on any atom is -0.497 e. The quantitative estimate of drug-likeness (QED) is 0.721. The van der Waals surface area contributed by atoms with E-state index in [1.807, 2.05) is 38.1 Å². The first kappa shape index (κ1) is 17.2. The summed E-state index contributed by atoms with van der Waals surface area (Å²) in [5.41, 5.74) is 1.66. The van der Waals surface area contributed by atoms with Crippen LogP contribution in [0, 0.1) is 0 Å². The number of carbonyl (C=O) groups excluding carboxylic acids is 1. The third-order valence-corrected chi connectivity index (χ3v) is 3.27. The lowest BCUT2D eigenvalue weighted by Gasteiger charge is -2.09. The number of benzene rings is 2. The number of ether oxygens (including phenoxy) is 2. The molecular weight excluding hydrogens is 332 g/mol. The SMILES string of the molecule is CC.COc1ccc(COc2ccc(C=O)cc2Br)cc1. The monoisotopic (exact) mass is 350 g/mol. The molecule has 2 aromatic carbocycles. The van der Waals surface area contributed by atoms with E-state index < -0.39 is 0 Å². The number of rotatable bonds is 5. The average molecular weight is 351 g/mol. The van der Waals surface area contributed by atoms with Gasteiger partial charge in [-0.3, -0.25) is 4.79 Å². The molecule has 4 heteroatoms. The van der Waals surface area contributed by atoms with E-state index in [9.17, 15) is 4.79 Å². The van der Waals surface area contributed by atoms with Crippen molar-refractivity contribution in [2.45, 2.75) is 20.5 Å². The molecule has 0 spiro atoms. The van der Waals surface area contributed by atoms with Crippen LogP contribution in [-0.2, 0) is 6.61 Å². The van der Waals surface area contributed by atoms with Crippen molar-refractivity contribution < 1.29 is 14.3 Å². The molecule has 2 rings (SSSR count). The van der Waals surface area contributed by atoms with E-state index in [4.69, 9.17) is 9.47 Å². The Hall–Kier alpha value is -1.81. The van der Waals surface area contributed by atoms with E-state index in [1.165, 1.54) is 0 Å². The Kier molecular flexibility index (Phi) is 7.54. The van der Waals surface area contributed by atoms with Crippen molar-refractivity contribution in [2.24, 2.45) is 0 Å². The van der Waals surface area contributed by atoms with E-state index in [0.29, 0.717) is 17.9 Å². The molecule has 2 aromatic rings. The first-order valence-corrected chi connectivity index (χ1v) is 7.52. The van der Waals surface area contributed by atoms with Gasteiger partial charge in [-0.25, -0.2) is 0 Å². The fraction of sp³-hybridized carbons (Fsp3) is 0.235. The van der Waals surface area contributed by atoms with Crippen molar-refractivity contribution in [1.29, 1.82) is 0 Å². The largest absolute Gasteiger partial charge is 0.497 e. The molecule has 3 nitrogen and oxygen atoms in total. The molecule has 0 aliphatic heterocycles. The molecule has 0 N–H and O–H groups in total. The van der Waals surface area contributed by atoms with Gasteiger partial charge in [0, 0.05) is 5.56 Å². The van der Waals surface area contributed by atoms with Gasteiger partial charge in [-0.05, 0) is 51.8 Å². The molecule has 0 amide bonds. The van der Waals surface area contributed by atoms with Gasteiger partial charge in [-0.2, -0.15) is 0 Å². The lowest BCUT2D eigenvalue weighted by Crippen LogP contribution is -1.96. The molecule has 0 heterocycles. The highest BCUT2D eigenvalue weighted by atomic mass is 79.9. The summed E-state index contributed by atoms with van der Waals surface area (Å²) in [5.74, 6) is 1.53. The van der Waals surface area contributed by atoms with Crippen LogP contribution >= 0.6 is 15.9 Å². The zero-order chi connectivity index (χ0) is 15.7. The molecular formula is C17H19BrO3. The summed E-state index contributed by atoms with van der Waals surface area (Å²) >= 11 is 3.38. The summed E-state index contributed by atoms with van der Waals surface area (Å²) in [6.07, 6.45) is 0.804. The number of aldehydes is 1. The fourth-order valence-electron chi connectivity index (χ4n) is 1.59. The van der Waals surface area contributed by atoms with Crippen LogP contribution in [0.5, 0.6) is 11.5 Å². The number of hydrogen-bond acceptors (Lipinski definition) is 3. The Morgan fingerprint density at radius 3 is 2.29 bits per heavy atom. The summed E-state index contributed by atoms with van der Waals surface area (Å²) in [6, 6.07) is 12.9. The van der Waals surface area contributed by atoms with Gasteiger partial charge in [-0.15, -0.1) is 0 Å². The standard InChI is InChI=1S/C15H13BrO3.C2H6/c1-18-13-5-2-11(3-6-13)10-19-15-7-4-12(9-17)8-14(15)16;1-2/h2-9H,10H2,1H3;1-2H3. The van der Waals surface area contributed by atoms with Crippen LogP contribution in [0.25, 0.3) is 0 Å². The van der Waals surface area contributed by atoms with E-state index in [2.05, 4.69) is 15.9 Å². The molecule has 21 heavy (non-hydrogen) atoms. The molecule has 0 atom stereocenters. The maximum absolute atomic E-state index is 10.6. The lowest BCUT2D eigenvalue weighted by molar-refractivity contribution is 0.112. The second kappa shape index (κ2) is 9.19. The van der Waals surface area contributed by atoms with Crippen LogP contribution in [-0.4, -0.2) is 13.4 Å². The summed E-state index contributed by atoms with van der Waals surface area (Å²) in [5, 5.41) is 0. The number of carbonyl (C=O) groups is 1. The molecule has 0 saturated carbocycles. The molecule has 0 aliphatic rings. The summed E-state index contributed by atoms with van der Waals surface area (Å²) in [7, 11) is 1.64. The van der Waals surface area contributed by atoms with Gasteiger partial charge in [0.1, 0.15) is 24.4 Å². The predicted octanol–water partition coefficient (Wildman–Crippen LogP) is 4.88. The first-order valence-electron chi connectivity index (χ1n) is 6.73. The van der Waals surface area contributed by atoms with Crippen molar-refractivity contribution in [3.05, 3.63) is 58.1 Å². The normalized spacial score (nSPS) is 9.33. The topological polar surface area (TPSA) is 35.5 Å². The molecule has 0 saturated heterocycles. The second-order valence-electron chi connectivity index (χ2n) is 3.94. The minimum atomic E-state index is 0.461. The maximum Gasteiger partial charge on any atom is 0.150 e. The third-order valence-electron chi connectivity index (χ3n) is 2.65. The number of methoxy groups -OCH3 is 1. The predicted molar refractivity (Wildman–Crippen MR) is 88.2 cm³/mol. The third kappa shape index (κ3) is 5.23.